The van der Waals surface area contributed by atoms with Gasteiger partial charge in [-0.15, -0.1) is 0 Å². The first kappa shape index (κ1) is 24.3. The molecule has 0 saturated heterocycles. The molecular weight excluding hydrogens is 445 g/mol. The molecule has 4 nitrogen and oxygen atoms in total. The molecule has 2 rings (SSSR count). The maximum atomic E-state index is 13.3. The summed E-state index contributed by atoms with van der Waals surface area (Å²) in [5.41, 5.74) is -6.74. The highest BCUT2D eigenvalue weighted by atomic mass is 19.4. The Balaban J connectivity index is 2.85. The summed E-state index contributed by atoms with van der Waals surface area (Å²) in [7, 11) is 0. The molecule has 0 aliphatic heterocycles. The normalized spacial score (nSPS) is 13.4. The lowest BCUT2D eigenvalue weighted by Gasteiger charge is -2.16. The van der Waals surface area contributed by atoms with E-state index in [1.165, 1.54) is 13.0 Å². The summed E-state index contributed by atoms with van der Waals surface area (Å²) in [6.45, 7) is 4.44. The molecule has 1 aromatic carbocycles. The standard InChI is InChI=1S/C18H14F9N3O/c1-3-7-31-14-9-13(18(25,26)27)29-15(30(14)4-2)28-12-6-5-10(16(19,20)21)8-11(12)17(22,23)24/h3,5-6,8-9H,1,4,7H2,2H3. The van der Waals surface area contributed by atoms with E-state index in [1.54, 1.807) is 0 Å². The van der Waals surface area contributed by atoms with Crippen molar-refractivity contribution >= 4 is 5.69 Å². The van der Waals surface area contributed by atoms with Gasteiger partial charge in [0.2, 0.25) is 5.62 Å². The Morgan fingerprint density at radius 1 is 1.00 bits per heavy atom. The Hall–Kier alpha value is -2.99. The molecule has 0 spiro atoms. The van der Waals surface area contributed by atoms with Gasteiger partial charge in [0.1, 0.15) is 6.61 Å². The number of rotatable bonds is 5. The minimum absolute atomic E-state index is 0.113. The first-order chi connectivity index (χ1) is 14.2. The Morgan fingerprint density at radius 2 is 1.65 bits per heavy atom. The van der Waals surface area contributed by atoms with E-state index in [0.29, 0.717) is 18.2 Å². The predicted octanol–water partition coefficient (Wildman–Crippen LogP) is 5.76. The van der Waals surface area contributed by atoms with Gasteiger partial charge in [-0.05, 0) is 25.1 Å². The minimum Gasteiger partial charge on any atom is -0.474 e. The molecule has 0 fully saturated rings. The SMILES string of the molecule is C=CCOc1cc(C(F)(F)F)nc(=Nc2ccc(C(F)(F)F)cc2C(F)(F)F)n1CC. The molecule has 1 aromatic heterocycles. The first-order valence-electron chi connectivity index (χ1n) is 8.44. The largest absolute Gasteiger partial charge is 0.474 e. The Morgan fingerprint density at radius 3 is 2.13 bits per heavy atom. The molecule has 0 N–H and O–H groups in total. The van der Waals surface area contributed by atoms with Crippen molar-refractivity contribution in [2.75, 3.05) is 6.61 Å². The molecule has 170 valence electrons. The van der Waals surface area contributed by atoms with Crippen LogP contribution in [0.25, 0.3) is 0 Å². The highest BCUT2D eigenvalue weighted by Crippen LogP contribution is 2.40. The summed E-state index contributed by atoms with van der Waals surface area (Å²) in [5, 5.41) is 0. The van der Waals surface area contributed by atoms with Gasteiger partial charge in [0.15, 0.2) is 11.6 Å². The van der Waals surface area contributed by atoms with Crippen molar-refractivity contribution < 1.29 is 44.3 Å². The summed E-state index contributed by atoms with van der Waals surface area (Å²) >= 11 is 0. The zero-order valence-corrected chi connectivity index (χ0v) is 15.7. The average molecular weight is 459 g/mol. The molecule has 0 unspecified atom stereocenters. The molecule has 1 heterocycles. The highest BCUT2D eigenvalue weighted by Gasteiger charge is 2.38. The number of aromatic nitrogens is 2. The van der Waals surface area contributed by atoms with Crippen LogP contribution in [-0.4, -0.2) is 16.2 Å². The number of hydrogen-bond donors (Lipinski definition) is 0. The third-order valence-electron chi connectivity index (χ3n) is 3.79. The monoisotopic (exact) mass is 459 g/mol. The average Bonchev–Trinajstić information content (AvgIpc) is 2.63. The molecule has 0 atom stereocenters. The van der Waals surface area contributed by atoms with Crippen LogP contribution in [0.5, 0.6) is 5.88 Å². The number of halogens is 9. The quantitative estimate of drug-likeness (QED) is 0.422. The summed E-state index contributed by atoms with van der Waals surface area (Å²) in [4.78, 5) is 6.75. The number of alkyl halides is 9. The van der Waals surface area contributed by atoms with Crippen molar-refractivity contribution in [3.63, 3.8) is 0 Å². The molecule has 0 radical (unpaired) electrons. The smallest absolute Gasteiger partial charge is 0.433 e. The van der Waals surface area contributed by atoms with Gasteiger partial charge in [0, 0.05) is 12.6 Å². The predicted molar refractivity (Wildman–Crippen MR) is 90.3 cm³/mol. The van der Waals surface area contributed by atoms with Gasteiger partial charge in [-0.25, -0.2) is 9.98 Å². The lowest BCUT2D eigenvalue weighted by atomic mass is 10.1. The summed E-state index contributed by atoms with van der Waals surface area (Å²) in [6, 6.07) is 1.12. The molecule has 0 saturated carbocycles. The van der Waals surface area contributed by atoms with E-state index < -0.39 is 52.5 Å². The van der Waals surface area contributed by atoms with Crippen LogP contribution < -0.4 is 10.4 Å². The molecule has 0 aliphatic rings. The maximum Gasteiger partial charge on any atom is 0.433 e. The van der Waals surface area contributed by atoms with Crippen LogP contribution in [0.1, 0.15) is 23.7 Å². The second-order valence-corrected chi connectivity index (χ2v) is 5.96. The van der Waals surface area contributed by atoms with Crippen molar-refractivity contribution in [2.45, 2.75) is 32.0 Å². The van der Waals surface area contributed by atoms with E-state index in [9.17, 15) is 39.5 Å². The van der Waals surface area contributed by atoms with Gasteiger partial charge < -0.3 is 4.74 Å². The van der Waals surface area contributed by atoms with Gasteiger partial charge in [-0.2, -0.15) is 39.5 Å². The lowest BCUT2D eigenvalue weighted by molar-refractivity contribution is -0.143. The van der Waals surface area contributed by atoms with Crippen LogP contribution in [0.2, 0.25) is 0 Å². The van der Waals surface area contributed by atoms with Crippen molar-refractivity contribution in [1.29, 1.82) is 0 Å². The minimum atomic E-state index is -5.26. The molecule has 0 aliphatic carbocycles. The fourth-order valence-electron chi connectivity index (χ4n) is 2.43. The van der Waals surface area contributed by atoms with Gasteiger partial charge in [-0.3, -0.25) is 4.57 Å². The van der Waals surface area contributed by atoms with Gasteiger partial charge in [-0.1, -0.05) is 12.7 Å². The van der Waals surface area contributed by atoms with Crippen LogP contribution in [0.4, 0.5) is 45.2 Å². The molecule has 2 aromatic rings. The van der Waals surface area contributed by atoms with E-state index in [1.807, 2.05) is 0 Å². The molecule has 13 heteroatoms. The van der Waals surface area contributed by atoms with Crippen LogP contribution in [0.15, 0.2) is 41.9 Å². The molecular formula is C18H14F9N3O. The van der Waals surface area contributed by atoms with Crippen LogP contribution in [0, 0.1) is 0 Å². The van der Waals surface area contributed by atoms with Crippen LogP contribution >= 0.6 is 0 Å². The van der Waals surface area contributed by atoms with E-state index >= 15 is 0 Å². The zero-order chi connectivity index (χ0) is 23.6. The van der Waals surface area contributed by atoms with Gasteiger partial charge >= 0.3 is 18.5 Å². The van der Waals surface area contributed by atoms with Gasteiger partial charge in [0.05, 0.1) is 16.8 Å². The number of nitrogens with zero attached hydrogens (tertiary/aromatic N) is 3. The summed E-state index contributed by atoms with van der Waals surface area (Å²) < 4.78 is 124. The Kier molecular flexibility index (Phi) is 6.76. The van der Waals surface area contributed by atoms with Gasteiger partial charge in [0.25, 0.3) is 0 Å². The van der Waals surface area contributed by atoms with Crippen molar-refractivity contribution in [3.8, 4) is 5.88 Å². The Bertz CT molecular complexity index is 1020. The van der Waals surface area contributed by atoms with Crippen LogP contribution in [-0.2, 0) is 25.1 Å². The highest BCUT2D eigenvalue weighted by molar-refractivity contribution is 5.50. The fourth-order valence-corrected chi connectivity index (χ4v) is 2.43. The van der Waals surface area contributed by atoms with E-state index in [4.69, 9.17) is 4.74 Å². The fraction of sp³-hybridized carbons (Fsp3) is 0.333. The lowest BCUT2D eigenvalue weighted by Crippen LogP contribution is -2.29. The van der Waals surface area contributed by atoms with Crippen molar-refractivity contribution in [3.05, 3.63) is 59.4 Å². The van der Waals surface area contributed by atoms with E-state index in [-0.39, 0.29) is 19.2 Å². The van der Waals surface area contributed by atoms with E-state index in [2.05, 4.69) is 16.6 Å². The maximum absolute atomic E-state index is 13.3. The zero-order valence-electron chi connectivity index (χ0n) is 15.7. The number of benzene rings is 1. The molecule has 0 bridgehead atoms. The number of hydrogen-bond acceptors (Lipinski definition) is 3. The summed E-state index contributed by atoms with van der Waals surface area (Å²) in [6.07, 6.45) is -14.1. The second-order valence-electron chi connectivity index (χ2n) is 5.96. The second kappa shape index (κ2) is 8.63. The third-order valence-corrected chi connectivity index (χ3v) is 3.79. The van der Waals surface area contributed by atoms with Crippen LogP contribution in [0.3, 0.4) is 0 Å². The topological polar surface area (TPSA) is 39.4 Å². The molecule has 0 amide bonds. The molecule has 31 heavy (non-hydrogen) atoms. The summed E-state index contributed by atoms with van der Waals surface area (Å²) in [5.74, 6) is -0.413. The van der Waals surface area contributed by atoms with E-state index in [0.717, 1.165) is 4.57 Å². The third kappa shape index (κ3) is 5.79. The van der Waals surface area contributed by atoms with Crippen molar-refractivity contribution in [1.82, 2.24) is 9.55 Å². The Labute approximate surface area is 169 Å². The number of ether oxygens (including phenoxy) is 1. The van der Waals surface area contributed by atoms with Crippen molar-refractivity contribution in [2.24, 2.45) is 4.99 Å². The first-order valence-corrected chi connectivity index (χ1v) is 8.44.